The maximum absolute atomic E-state index is 13.2. The van der Waals surface area contributed by atoms with Gasteiger partial charge in [-0.15, -0.1) is 0 Å². The maximum atomic E-state index is 13.2. The number of benzene rings is 1. The monoisotopic (exact) mass is 413 g/mol. The summed E-state index contributed by atoms with van der Waals surface area (Å²) in [6, 6.07) is 11.6. The fourth-order valence-electron chi connectivity index (χ4n) is 3.28. The van der Waals surface area contributed by atoms with Gasteiger partial charge in [-0.25, -0.2) is 0 Å². The molecule has 6 heteroatoms. The van der Waals surface area contributed by atoms with Crippen molar-refractivity contribution in [2.45, 2.75) is 39.7 Å². The van der Waals surface area contributed by atoms with Crippen LogP contribution in [-0.2, 0) is 29.5 Å². The summed E-state index contributed by atoms with van der Waals surface area (Å²) >= 11 is 0. The highest BCUT2D eigenvalue weighted by Crippen LogP contribution is 2.11. The van der Waals surface area contributed by atoms with Crippen molar-refractivity contribution in [3.8, 4) is 0 Å². The molecule has 0 aliphatic rings. The molecule has 6 nitrogen and oxygen atoms in total. The van der Waals surface area contributed by atoms with Crippen molar-refractivity contribution in [2.75, 3.05) is 33.4 Å². The van der Waals surface area contributed by atoms with E-state index >= 15 is 0 Å². The Morgan fingerprint density at radius 2 is 1.77 bits per heavy atom. The highest BCUT2D eigenvalue weighted by Gasteiger charge is 2.22. The third kappa shape index (κ3) is 6.73. The summed E-state index contributed by atoms with van der Waals surface area (Å²) in [5.74, 6) is -0.184. The van der Waals surface area contributed by atoms with Crippen LogP contribution in [0.4, 0.5) is 0 Å². The number of hydrogen-bond donors (Lipinski definition) is 0. The van der Waals surface area contributed by atoms with E-state index in [4.69, 9.17) is 4.74 Å². The predicted molar refractivity (Wildman–Crippen MR) is 119 cm³/mol. The van der Waals surface area contributed by atoms with Gasteiger partial charge in [0.05, 0.1) is 13.2 Å². The van der Waals surface area contributed by atoms with Gasteiger partial charge in [-0.2, -0.15) is 0 Å². The van der Waals surface area contributed by atoms with E-state index in [2.05, 4.69) is 13.8 Å². The molecule has 0 aliphatic heterocycles. The molecule has 30 heavy (non-hydrogen) atoms. The quantitative estimate of drug-likeness (QED) is 0.535. The van der Waals surface area contributed by atoms with Crippen molar-refractivity contribution in [1.29, 1.82) is 0 Å². The summed E-state index contributed by atoms with van der Waals surface area (Å²) in [7, 11) is 3.58. The van der Waals surface area contributed by atoms with E-state index in [-0.39, 0.29) is 18.4 Å². The Labute approximate surface area is 180 Å². The van der Waals surface area contributed by atoms with Crippen molar-refractivity contribution in [1.82, 2.24) is 14.4 Å². The van der Waals surface area contributed by atoms with E-state index in [9.17, 15) is 9.59 Å². The van der Waals surface area contributed by atoms with Gasteiger partial charge in [0.25, 0.3) is 5.91 Å². The fraction of sp³-hybridized carbons (Fsp3) is 0.500. The first-order valence-corrected chi connectivity index (χ1v) is 10.7. The van der Waals surface area contributed by atoms with Crippen LogP contribution in [0.25, 0.3) is 0 Å². The van der Waals surface area contributed by atoms with Gasteiger partial charge < -0.3 is 19.1 Å². The predicted octanol–water partition coefficient (Wildman–Crippen LogP) is 3.51. The molecule has 0 fully saturated rings. The number of rotatable bonds is 12. The van der Waals surface area contributed by atoms with Crippen molar-refractivity contribution < 1.29 is 14.3 Å². The van der Waals surface area contributed by atoms with Crippen LogP contribution in [0.3, 0.4) is 0 Å². The smallest absolute Gasteiger partial charge is 0.254 e. The summed E-state index contributed by atoms with van der Waals surface area (Å²) in [6.07, 6.45) is 4.84. The first kappa shape index (κ1) is 23.7. The molecule has 164 valence electrons. The standard InChI is InChI=1S/C24H35N3O3/c1-5-7-15-26(18-22-9-8-14-25(22)3)23(28)19-27(16-17-30-4)24(29)21-12-10-20(6-2)11-13-21/h8-14H,5-7,15-19H2,1-4H3. The van der Waals surface area contributed by atoms with Crippen molar-refractivity contribution in [2.24, 2.45) is 7.05 Å². The number of aromatic nitrogens is 1. The normalized spacial score (nSPS) is 10.8. The molecule has 2 rings (SSSR count). The van der Waals surface area contributed by atoms with Gasteiger partial charge in [-0.05, 0) is 42.7 Å². The molecule has 2 amide bonds. The first-order valence-electron chi connectivity index (χ1n) is 10.7. The van der Waals surface area contributed by atoms with Crippen LogP contribution in [0.5, 0.6) is 0 Å². The van der Waals surface area contributed by atoms with Gasteiger partial charge in [0.1, 0.15) is 6.54 Å². The molecular weight excluding hydrogens is 378 g/mol. The fourth-order valence-corrected chi connectivity index (χ4v) is 3.28. The van der Waals surface area contributed by atoms with E-state index in [1.807, 2.05) is 59.1 Å². The van der Waals surface area contributed by atoms with Gasteiger partial charge >= 0.3 is 0 Å². The third-order valence-electron chi connectivity index (χ3n) is 5.33. The molecule has 0 unspecified atom stereocenters. The number of amides is 2. The maximum Gasteiger partial charge on any atom is 0.254 e. The molecule has 1 aromatic carbocycles. The Balaban J connectivity index is 2.14. The van der Waals surface area contributed by atoms with E-state index < -0.39 is 0 Å². The van der Waals surface area contributed by atoms with Gasteiger partial charge in [-0.3, -0.25) is 9.59 Å². The van der Waals surface area contributed by atoms with E-state index in [0.29, 0.717) is 31.8 Å². The lowest BCUT2D eigenvalue weighted by molar-refractivity contribution is -0.132. The number of carbonyl (C=O) groups excluding carboxylic acids is 2. The second-order valence-corrected chi connectivity index (χ2v) is 7.55. The number of hydrogen-bond acceptors (Lipinski definition) is 3. The van der Waals surface area contributed by atoms with Gasteiger partial charge in [0.2, 0.25) is 5.91 Å². The number of ether oxygens (including phenoxy) is 1. The topological polar surface area (TPSA) is 54.8 Å². The lowest BCUT2D eigenvalue weighted by atomic mass is 10.1. The van der Waals surface area contributed by atoms with Crippen molar-refractivity contribution >= 4 is 11.8 Å². The lowest BCUT2D eigenvalue weighted by Gasteiger charge is -2.28. The van der Waals surface area contributed by atoms with Crippen molar-refractivity contribution in [3.05, 3.63) is 59.4 Å². The van der Waals surface area contributed by atoms with Crippen LogP contribution in [0.15, 0.2) is 42.6 Å². The van der Waals surface area contributed by atoms with Crippen LogP contribution < -0.4 is 0 Å². The molecule has 0 spiro atoms. The Bertz CT molecular complexity index is 798. The Morgan fingerprint density at radius 3 is 2.33 bits per heavy atom. The summed E-state index contributed by atoms with van der Waals surface area (Å²) < 4.78 is 7.20. The number of unbranched alkanes of at least 4 members (excludes halogenated alkanes) is 1. The average molecular weight is 414 g/mol. The second-order valence-electron chi connectivity index (χ2n) is 7.55. The molecule has 0 bridgehead atoms. The molecule has 0 atom stereocenters. The molecule has 0 saturated carbocycles. The summed E-state index contributed by atoms with van der Waals surface area (Å²) in [4.78, 5) is 29.7. The van der Waals surface area contributed by atoms with Crippen molar-refractivity contribution in [3.63, 3.8) is 0 Å². The van der Waals surface area contributed by atoms with Gasteiger partial charge in [0, 0.05) is 44.7 Å². The van der Waals surface area contributed by atoms with Crippen LogP contribution in [-0.4, -0.2) is 59.5 Å². The average Bonchev–Trinajstić information content (AvgIpc) is 3.17. The summed E-state index contributed by atoms with van der Waals surface area (Å²) in [5.41, 5.74) is 2.85. The Hall–Kier alpha value is -2.60. The highest BCUT2D eigenvalue weighted by atomic mass is 16.5. The molecule has 1 heterocycles. The zero-order chi connectivity index (χ0) is 21.9. The molecule has 0 aliphatic carbocycles. The summed E-state index contributed by atoms with van der Waals surface area (Å²) in [6.45, 7) is 6.22. The van der Waals surface area contributed by atoms with Crippen LogP contribution in [0.1, 0.15) is 48.3 Å². The molecule has 1 aromatic heterocycles. The molecule has 2 aromatic rings. The number of nitrogens with zero attached hydrogens (tertiary/aromatic N) is 3. The molecule has 0 N–H and O–H groups in total. The van der Waals surface area contributed by atoms with Crippen LogP contribution in [0.2, 0.25) is 0 Å². The Morgan fingerprint density at radius 1 is 1.03 bits per heavy atom. The second kappa shape index (κ2) is 12.2. The molecular formula is C24H35N3O3. The number of aryl methyl sites for hydroxylation is 2. The SMILES string of the molecule is CCCCN(Cc1cccn1C)C(=O)CN(CCOC)C(=O)c1ccc(CC)cc1. The van der Waals surface area contributed by atoms with Gasteiger partial charge in [-0.1, -0.05) is 32.4 Å². The zero-order valence-electron chi connectivity index (χ0n) is 18.8. The molecule has 0 radical (unpaired) electrons. The third-order valence-corrected chi connectivity index (χ3v) is 5.33. The zero-order valence-corrected chi connectivity index (χ0v) is 18.8. The van der Waals surface area contributed by atoms with Crippen LogP contribution in [0, 0.1) is 0 Å². The lowest BCUT2D eigenvalue weighted by Crippen LogP contribution is -2.44. The minimum Gasteiger partial charge on any atom is -0.383 e. The first-order chi connectivity index (χ1) is 14.5. The van der Waals surface area contributed by atoms with Crippen LogP contribution >= 0.6 is 0 Å². The molecule has 0 saturated heterocycles. The minimum atomic E-state index is -0.141. The Kier molecular flexibility index (Phi) is 9.61. The van der Waals surface area contributed by atoms with E-state index in [0.717, 1.165) is 25.0 Å². The summed E-state index contributed by atoms with van der Waals surface area (Å²) in [5, 5.41) is 0. The number of methoxy groups -OCH3 is 1. The largest absolute Gasteiger partial charge is 0.383 e. The van der Waals surface area contributed by atoms with Gasteiger partial charge in [0.15, 0.2) is 0 Å². The highest BCUT2D eigenvalue weighted by molar-refractivity contribution is 5.96. The van der Waals surface area contributed by atoms with E-state index in [1.54, 1.807) is 12.0 Å². The van der Waals surface area contributed by atoms with E-state index in [1.165, 1.54) is 5.56 Å². The minimum absolute atomic E-state index is 0.0423. The number of carbonyl (C=O) groups is 2.